The molecule has 0 bridgehead atoms. The predicted molar refractivity (Wildman–Crippen MR) is 72.1 cm³/mol. The van der Waals surface area contributed by atoms with Crippen LogP contribution in [-0.4, -0.2) is 12.5 Å². The van der Waals surface area contributed by atoms with Gasteiger partial charge in [-0.3, -0.25) is 4.79 Å². The molecule has 0 spiro atoms. The first kappa shape index (κ1) is 13.6. The molecule has 3 nitrogen and oxygen atoms in total. The Morgan fingerprint density at radius 2 is 2.00 bits per heavy atom. The molecule has 0 radical (unpaired) electrons. The lowest BCUT2D eigenvalue weighted by atomic mass is 9.98. The molecule has 0 aromatic heterocycles. The van der Waals surface area contributed by atoms with E-state index in [9.17, 15) is 4.79 Å². The topological polar surface area (TPSA) is 55.1 Å². The predicted octanol–water partition coefficient (Wildman–Crippen LogP) is 2.65. The first-order valence-corrected chi connectivity index (χ1v) is 6.06. The number of benzene rings is 1. The van der Waals surface area contributed by atoms with E-state index in [0.717, 1.165) is 5.69 Å². The summed E-state index contributed by atoms with van der Waals surface area (Å²) in [5, 5.41) is 3.34. The Hall–Kier alpha value is -1.51. The molecule has 0 aliphatic rings. The Labute approximate surface area is 103 Å². The van der Waals surface area contributed by atoms with Gasteiger partial charge in [0.15, 0.2) is 0 Å². The summed E-state index contributed by atoms with van der Waals surface area (Å²) in [7, 11) is 0. The molecule has 1 aromatic rings. The highest BCUT2D eigenvalue weighted by molar-refractivity contribution is 5.77. The van der Waals surface area contributed by atoms with Crippen molar-refractivity contribution < 1.29 is 4.79 Å². The van der Waals surface area contributed by atoms with Crippen molar-refractivity contribution in [1.29, 1.82) is 0 Å². The van der Waals surface area contributed by atoms with Crippen LogP contribution in [-0.2, 0) is 4.79 Å². The zero-order valence-corrected chi connectivity index (χ0v) is 11.1. The smallest absolute Gasteiger partial charge is 0.222 e. The van der Waals surface area contributed by atoms with Gasteiger partial charge in [0.25, 0.3) is 0 Å². The standard InChI is InChI=1S/C14H22N2O/c1-9(2)12-7-5-6-10(3)13(12)16-8-11(4)14(15)17/h5-7,9,11,16H,8H2,1-4H3,(H2,15,17). The van der Waals surface area contributed by atoms with Crippen molar-refractivity contribution in [3.05, 3.63) is 29.3 Å². The number of rotatable bonds is 5. The van der Waals surface area contributed by atoms with Gasteiger partial charge in [-0.05, 0) is 24.0 Å². The summed E-state index contributed by atoms with van der Waals surface area (Å²) in [5.74, 6) is 0.0353. The fraction of sp³-hybridized carbons (Fsp3) is 0.500. The van der Waals surface area contributed by atoms with Gasteiger partial charge in [0.2, 0.25) is 5.91 Å². The maximum atomic E-state index is 11.0. The molecule has 1 unspecified atom stereocenters. The van der Waals surface area contributed by atoms with E-state index in [1.54, 1.807) is 0 Å². The van der Waals surface area contributed by atoms with E-state index in [0.29, 0.717) is 12.5 Å². The SMILES string of the molecule is Cc1cccc(C(C)C)c1NCC(C)C(N)=O. The third-order valence-corrected chi connectivity index (χ3v) is 3.00. The maximum absolute atomic E-state index is 11.0. The molecule has 0 saturated carbocycles. The molecule has 0 aliphatic carbocycles. The second kappa shape index (κ2) is 5.71. The zero-order valence-electron chi connectivity index (χ0n) is 11.1. The highest BCUT2D eigenvalue weighted by atomic mass is 16.1. The normalized spacial score (nSPS) is 12.5. The van der Waals surface area contributed by atoms with Crippen LogP contribution in [0.15, 0.2) is 18.2 Å². The van der Waals surface area contributed by atoms with E-state index in [2.05, 4.69) is 44.3 Å². The quantitative estimate of drug-likeness (QED) is 0.823. The Kier molecular flexibility index (Phi) is 4.55. The lowest BCUT2D eigenvalue weighted by molar-refractivity contribution is -0.120. The van der Waals surface area contributed by atoms with Crippen molar-refractivity contribution in [2.75, 3.05) is 11.9 Å². The first-order chi connectivity index (χ1) is 7.93. The molecular formula is C14H22N2O. The number of anilines is 1. The minimum absolute atomic E-state index is 0.158. The molecule has 3 heteroatoms. The van der Waals surface area contributed by atoms with Crippen LogP contribution < -0.4 is 11.1 Å². The van der Waals surface area contributed by atoms with E-state index in [1.807, 2.05) is 6.92 Å². The Balaban J connectivity index is 2.86. The Bertz CT molecular complexity index is 399. The zero-order chi connectivity index (χ0) is 13.0. The third-order valence-electron chi connectivity index (χ3n) is 3.00. The molecule has 1 aromatic carbocycles. The minimum atomic E-state index is -0.266. The molecular weight excluding hydrogens is 212 g/mol. The first-order valence-electron chi connectivity index (χ1n) is 6.06. The van der Waals surface area contributed by atoms with Gasteiger partial charge in [0.05, 0.1) is 5.92 Å². The van der Waals surface area contributed by atoms with Crippen molar-refractivity contribution in [2.45, 2.75) is 33.6 Å². The van der Waals surface area contributed by atoms with Crippen LogP contribution in [0.5, 0.6) is 0 Å². The van der Waals surface area contributed by atoms with Gasteiger partial charge >= 0.3 is 0 Å². The van der Waals surface area contributed by atoms with E-state index < -0.39 is 0 Å². The van der Waals surface area contributed by atoms with Crippen LogP contribution in [0.4, 0.5) is 5.69 Å². The summed E-state index contributed by atoms with van der Waals surface area (Å²) >= 11 is 0. The summed E-state index contributed by atoms with van der Waals surface area (Å²) in [6.07, 6.45) is 0. The number of carbonyl (C=O) groups excluding carboxylic acids is 1. The monoisotopic (exact) mass is 234 g/mol. The number of amides is 1. The van der Waals surface area contributed by atoms with Crippen LogP contribution in [0.1, 0.15) is 37.8 Å². The lowest BCUT2D eigenvalue weighted by Gasteiger charge is -2.18. The van der Waals surface area contributed by atoms with Crippen molar-refractivity contribution in [3.8, 4) is 0 Å². The minimum Gasteiger partial charge on any atom is -0.384 e. The number of hydrogen-bond acceptors (Lipinski definition) is 2. The maximum Gasteiger partial charge on any atom is 0.222 e. The van der Waals surface area contributed by atoms with Gasteiger partial charge in [-0.25, -0.2) is 0 Å². The molecule has 1 rings (SSSR count). The van der Waals surface area contributed by atoms with Gasteiger partial charge in [-0.2, -0.15) is 0 Å². The number of aryl methyl sites for hydroxylation is 1. The van der Waals surface area contributed by atoms with Gasteiger partial charge < -0.3 is 11.1 Å². The number of nitrogens with one attached hydrogen (secondary N) is 1. The molecule has 17 heavy (non-hydrogen) atoms. The Morgan fingerprint density at radius 1 is 1.35 bits per heavy atom. The average molecular weight is 234 g/mol. The third kappa shape index (κ3) is 3.48. The molecule has 0 saturated heterocycles. The van der Waals surface area contributed by atoms with Gasteiger partial charge in [-0.15, -0.1) is 0 Å². The van der Waals surface area contributed by atoms with E-state index in [-0.39, 0.29) is 11.8 Å². The van der Waals surface area contributed by atoms with Crippen molar-refractivity contribution in [1.82, 2.24) is 0 Å². The molecule has 3 N–H and O–H groups in total. The summed E-state index contributed by atoms with van der Waals surface area (Å²) in [5.41, 5.74) is 8.87. The number of para-hydroxylation sites is 1. The van der Waals surface area contributed by atoms with E-state index >= 15 is 0 Å². The fourth-order valence-corrected chi connectivity index (χ4v) is 1.77. The summed E-state index contributed by atoms with van der Waals surface area (Å²) in [6, 6.07) is 6.26. The van der Waals surface area contributed by atoms with Crippen LogP contribution in [0.25, 0.3) is 0 Å². The van der Waals surface area contributed by atoms with E-state index in [4.69, 9.17) is 5.73 Å². The van der Waals surface area contributed by atoms with Gasteiger partial charge in [0, 0.05) is 12.2 Å². The van der Waals surface area contributed by atoms with Gasteiger partial charge in [0.1, 0.15) is 0 Å². The molecule has 0 heterocycles. The van der Waals surface area contributed by atoms with Gasteiger partial charge in [-0.1, -0.05) is 39.0 Å². The molecule has 1 atom stereocenters. The largest absolute Gasteiger partial charge is 0.384 e. The van der Waals surface area contributed by atoms with Crippen LogP contribution in [0.2, 0.25) is 0 Å². The number of primary amides is 1. The summed E-state index contributed by atoms with van der Waals surface area (Å²) in [4.78, 5) is 11.0. The molecule has 0 fully saturated rings. The van der Waals surface area contributed by atoms with Crippen molar-refractivity contribution in [2.24, 2.45) is 11.7 Å². The summed E-state index contributed by atoms with van der Waals surface area (Å²) in [6.45, 7) is 8.82. The fourth-order valence-electron chi connectivity index (χ4n) is 1.77. The molecule has 1 amide bonds. The van der Waals surface area contributed by atoms with Crippen molar-refractivity contribution in [3.63, 3.8) is 0 Å². The summed E-state index contributed by atoms with van der Waals surface area (Å²) < 4.78 is 0. The van der Waals surface area contributed by atoms with Crippen LogP contribution in [0, 0.1) is 12.8 Å². The van der Waals surface area contributed by atoms with Crippen LogP contribution >= 0.6 is 0 Å². The average Bonchev–Trinajstić information content (AvgIpc) is 2.26. The van der Waals surface area contributed by atoms with E-state index in [1.165, 1.54) is 11.1 Å². The van der Waals surface area contributed by atoms with Crippen LogP contribution in [0.3, 0.4) is 0 Å². The second-order valence-corrected chi connectivity index (χ2v) is 4.88. The molecule has 94 valence electrons. The Morgan fingerprint density at radius 3 is 2.53 bits per heavy atom. The second-order valence-electron chi connectivity index (χ2n) is 4.88. The number of nitrogens with two attached hydrogens (primary N) is 1. The highest BCUT2D eigenvalue weighted by Gasteiger charge is 2.12. The van der Waals surface area contributed by atoms with Crippen molar-refractivity contribution >= 4 is 11.6 Å². The highest BCUT2D eigenvalue weighted by Crippen LogP contribution is 2.27. The number of hydrogen-bond donors (Lipinski definition) is 2. The molecule has 0 aliphatic heterocycles. The lowest BCUT2D eigenvalue weighted by Crippen LogP contribution is -2.27. The number of carbonyl (C=O) groups is 1.